The lowest BCUT2D eigenvalue weighted by Crippen LogP contribution is -2.31. The van der Waals surface area contributed by atoms with Gasteiger partial charge in [-0.2, -0.15) is 0 Å². The second kappa shape index (κ2) is 6.55. The molecule has 1 N–H and O–H groups in total. The van der Waals surface area contributed by atoms with E-state index in [2.05, 4.69) is 18.2 Å². The van der Waals surface area contributed by atoms with Crippen LogP contribution in [0.1, 0.15) is 41.5 Å². The smallest absolute Gasteiger partial charge is 0.101 e. The van der Waals surface area contributed by atoms with Crippen molar-refractivity contribution in [3.8, 4) is 0 Å². The van der Waals surface area contributed by atoms with Crippen molar-refractivity contribution in [2.45, 2.75) is 47.1 Å². The topological polar surface area (TPSA) is 32.6 Å². The molecule has 0 saturated heterocycles. The fourth-order valence-electron chi connectivity index (χ4n) is 0.945. The van der Waals surface area contributed by atoms with Crippen LogP contribution < -0.4 is 0 Å². The molecule has 0 aromatic carbocycles. The number of nitrogens with zero attached hydrogens (tertiary/aromatic N) is 1. The largest absolute Gasteiger partial charge is 0.384 e. The molecule has 0 amide bonds. The molecule has 0 aromatic rings. The van der Waals surface area contributed by atoms with E-state index in [4.69, 9.17) is 0 Å². The minimum absolute atomic E-state index is 0.593. The van der Waals surface area contributed by atoms with Gasteiger partial charge in [-0.05, 0) is 33.3 Å². The van der Waals surface area contributed by atoms with Crippen molar-refractivity contribution in [3.05, 3.63) is 24.4 Å². The first-order valence-corrected chi connectivity index (χ1v) is 4.88. The zero-order valence-corrected chi connectivity index (χ0v) is 10.3. The maximum absolute atomic E-state index is 9.66. The van der Waals surface area contributed by atoms with Gasteiger partial charge in [0.1, 0.15) is 5.60 Å². The number of hydrogen-bond donors (Lipinski definition) is 1. The Labute approximate surface area is 88.1 Å². The molecule has 0 rings (SSSR count). The Morgan fingerprint density at radius 1 is 1.14 bits per heavy atom. The van der Waals surface area contributed by atoms with Crippen LogP contribution in [-0.4, -0.2) is 16.4 Å². The summed E-state index contributed by atoms with van der Waals surface area (Å²) in [5.74, 6) is 0. The first kappa shape index (κ1) is 15.6. The van der Waals surface area contributed by atoms with E-state index in [0.29, 0.717) is 11.4 Å². The Morgan fingerprint density at radius 3 is 1.57 bits per heavy atom. The highest BCUT2D eigenvalue weighted by Gasteiger charge is 2.21. The number of aliphatic hydroxyl groups is 1. The van der Waals surface area contributed by atoms with E-state index >= 15 is 0 Å². The molecule has 0 fully saturated rings. The third-order valence-electron chi connectivity index (χ3n) is 1.29. The molecule has 0 aliphatic heterocycles. The molecule has 0 saturated carbocycles. The molecule has 2 heteroatoms. The highest BCUT2D eigenvalue weighted by molar-refractivity contribution is 6.05. The molecular weight excluding hydrogens is 174 g/mol. The summed E-state index contributed by atoms with van der Waals surface area (Å²) in [6.07, 6.45) is 0. The molecule has 0 spiro atoms. The van der Waals surface area contributed by atoms with Crippen LogP contribution in [0.15, 0.2) is 29.4 Å². The molecule has 0 radical (unpaired) electrons. The van der Waals surface area contributed by atoms with Crippen LogP contribution >= 0.6 is 0 Å². The van der Waals surface area contributed by atoms with E-state index in [0.717, 1.165) is 5.57 Å². The van der Waals surface area contributed by atoms with Crippen LogP contribution in [-0.2, 0) is 0 Å². The van der Waals surface area contributed by atoms with Gasteiger partial charge in [-0.25, -0.2) is 0 Å². The minimum Gasteiger partial charge on any atom is -0.384 e. The fourth-order valence-corrected chi connectivity index (χ4v) is 0.945. The number of rotatable bonds is 3. The van der Waals surface area contributed by atoms with Gasteiger partial charge in [0.15, 0.2) is 0 Å². The third-order valence-corrected chi connectivity index (χ3v) is 1.29. The number of hydrogen-bond acceptors (Lipinski definition) is 2. The van der Waals surface area contributed by atoms with Crippen molar-refractivity contribution in [1.29, 1.82) is 0 Å². The van der Waals surface area contributed by atoms with E-state index in [-0.39, 0.29) is 0 Å². The lowest BCUT2D eigenvalue weighted by Gasteiger charge is -2.20. The number of aliphatic imine (C=N–C) groups is 1. The molecule has 2 nitrogen and oxygen atoms in total. The van der Waals surface area contributed by atoms with Crippen LogP contribution in [0, 0.1) is 0 Å². The molecule has 14 heavy (non-hydrogen) atoms. The summed E-state index contributed by atoms with van der Waals surface area (Å²) in [5, 5.41) is 9.66. The Kier molecular flexibility index (Phi) is 7.28. The summed E-state index contributed by atoms with van der Waals surface area (Å²) >= 11 is 0. The van der Waals surface area contributed by atoms with E-state index < -0.39 is 5.60 Å². The maximum atomic E-state index is 9.66. The predicted octanol–water partition coefficient (Wildman–Crippen LogP) is 3.33. The molecule has 0 unspecified atom stereocenters. The SMILES string of the molecule is C=C(C)N=C(C(=C)C)C(C)(C)O.CC. The van der Waals surface area contributed by atoms with E-state index in [1.165, 1.54) is 0 Å². The van der Waals surface area contributed by atoms with Gasteiger partial charge >= 0.3 is 0 Å². The van der Waals surface area contributed by atoms with Crippen LogP contribution in [0.2, 0.25) is 0 Å². The minimum atomic E-state index is -0.940. The van der Waals surface area contributed by atoms with E-state index in [1.807, 2.05) is 20.8 Å². The molecule has 0 aromatic heterocycles. The van der Waals surface area contributed by atoms with Gasteiger partial charge in [-0.1, -0.05) is 27.0 Å². The Bertz CT molecular complexity index is 231. The van der Waals surface area contributed by atoms with Gasteiger partial charge in [0.25, 0.3) is 0 Å². The van der Waals surface area contributed by atoms with Crippen molar-refractivity contribution in [1.82, 2.24) is 0 Å². The molecule has 82 valence electrons. The Morgan fingerprint density at radius 2 is 1.50 bits per heavy atom. The van der Waals surface area contributed by atoms with Gasteiger partial charge in [0.05, 0.1) is 5.71 Å². The van der Waals surface area contributed by atoms with Crippen molar-refractivity contribution in [2.24, 2.45) is 4.99 Å². The van der Waals surface area contributed by atoms with Crippen LogP contribution in [0.5, 0.6) is 0 Å². The van der Waals surface area contributed by atoms with Gasteiger partial charge in [-0.3, -0.25) is 4.99 Å². The van der Waals surface area contributed by atoms with Crippen molar-refractivity contribution >= 4 is 5.71 Å². The third kappa shape index (κ3) is 6.61. The highest BCUT2D eigenvalue weighted by Crippen LogP contribution is 2.13. The molecule has 0 bridgehead atoms. The van der Waals surface area contributed by atoms with E-state index in [1.54, 1.807) is 20.8 Å². The lowest BCUT2D eigenvalue weighted by atomic mass is 9.97. The lowest BCUT2D eigenvalue weighted by molar-refractivity contribution is 0.154. The average Bonchev–Trinajstić information content (AvgIpc) is 2.01. The molecule has 0 heterocycles. The van der Waals surface area contributed by atoms with Crippen molar-refractivity contribution in [3.63, 3.8) is 0 Å². The Balaban J connectivity index is 0. The normalized spacial score (nSPS) is 11.5. The average molecular weight is 197 g/mol. The van der Waals surface area contributed by atoms with Crippen LogP contribution in [0.25, 0.3) is 0 Å². The summed E-state index contributed by atoms with van der Waals surface area (Å²) in [7, 11) is 0. The first-order chi connectivity index (χ1) is 6.25. The monoisotopic (exact) mass is 197 g/mol. The zero-order chi connectivity index (χ0) is 11.9. The van der Waals surface area contributed by atoms with Crippen molar-refractivity contribution < 1.29 is 5.11 Å². The maximum Gasteiger partial charge on any atom is 0.101 e. The fraction of sp³-hybridized carbons (Fsp3) is 0.583. The summed E-state index contributed by atoms with van der Waals surface area (Å²) < 4.78 is 0. The predicted molar refractivity (Wildman–Crippen MR) is 64.7 cm³/mol. The summed E-state index contributed by atoms with van der Waals surface area (Å²) in [4.78, 5) is 4.12. The van der Waals surface area contributed by atoms with Gasteiger partial charge in [0.2, 0.25) is 0 Å². The van der Waals surface area contributed by atoms with Gasteiger partial charge < -0.3 is 5.11 Å². The van der Waals surface area contributed by atoms with Gasteiger partial charge in [-0.15, -0.1) is 0 Å². The standard InChI is InChI=1S/C10H17NO.C2H6/c1-7(2)9(10(5,6)12)11-8(3)4;1-2/h12H,1,3H2,2,4-6H3;1-2H3. The summed E-state index contributed by atoms with van der Waals surface area (Å²) in [6.45, 7) is 18.4. The van der Waals surface area contributed by atoms with Crippen LogP contribution in [0.4, 0.5) is 0 Å². The zero-order valence-electron chi connectivity index (χ0n) is 10.3. The molecular formula is C12H23NO. The van der Waals surface area contributed by atoms with Crippen molar-refractivity contribution in [2.75, 3.05) is 0 Å². The molecule has 0 aliphatic rings. The highest BCUT2D eigenvalue weighted by atomic mass is 16.3. The summed E-state index contributed by atoms with van der Waals surface area (Å²) in [5.41, 5.74) is 1.10. The van der Waals surface area contributed by atoms with Gasteiger partial charge in [0, 0.05) is 5.70 Å². The Hall–Kier alpha value is -0.890. The first-order valence-electron chi connectivity index (χ1n) is 4.88. The summed E-state index contributed by atoms with van der Waals surface area (Å²) in [6, 6.07) is 0. The molecule has 0 aliphatic carbocycles. The number of allylic oxidation sites excluding steroid dienone is 1. The second-order valence-electron chi connectivity index (χ2n) is 3.54. The van der Waals surface area contributed by atoms with E-state index in [9.17, 15) is 5.11 Å². The van der Waals surface area contributed by atoms with Crippen LogP contribution in [0.3, 0.4) is 0 Å². The molecule has 0 atom stereocenters. The second-order valence-corrected chi connectivity index (χ2v) is 3.54. The quantitative estimate of drug-likeness (QED) is 0.691.